The molecule has 6 heteroatoms. The lowest BCUT2D eigenvalue weighted by atomic mass is 10.1. The van der Waals surface area contributed by atoms with Gasteiger partial charge in [0.15, 0.2) is 11.4 Å². The van der Waals surface area contributed by atoms with E-state index >= 15 is 0 Å². The van der Waals surface area contributed by atoms with Crippen molar-refractivity contribution in [2.45, 2.75) is 19.8 Å². The number of carbonyl (C=O) groups is 1. The van der Waals surface area contributed by atoms with Crippen LogP contribution in [0.15, 0.2) is 69.6 Å². The molecule has 0 radical (unpaired) electrons. The summed E-state index contributed by atoms with van der Waals surface area (Å²) in [5, 5.41) is 0. The maximum absolute atomic E-state index is 11.6. The Balaban J connectivity index is 1.36. The number of aromatic nitrogens is 1. The summed E-state index contributed by atoms with van der Waals surface area (Å²) in [6, 6.07) is 18.6. The number of ether oxygens (including phenoxy) is 2. The number of oxazole rings is 1. The van der Waals surface area contributed by atoms with Crippen molar-refractivity contribution in [3.8, 4) is 28.7 Å². The number of nitrogens with zero attached hydrogens (tertiary/aromatic N) is 1. The molecule has 1 aliphatic rings. The summed E-state index contributed by atoms with van der Waals surface area (Å²) in [5.74, 6) is 3.39. The van der Waals surface area contributed by atoms with Crippen LogP contribution in [-0.2, 0) is 0 Å². The summed E-state index contributed by atoms with van der Waals surface area (Å²) in [4.78, 5) is 16.2. The molecule has 0 saturated heterocycles. The molecule has 1 aromatic heterocycles. The van der Waals surface area contributed by atoms with E-state index < -0.39 is 0 Å². The Kier molecular flexibility index (Phi) is 5.24. The second-order valence-electron chi connectivity index (χ2n) is 7.73. The Morgan fingerprint density at radius 1 is 1.06 bits per heavy atom. The fourth-order valence-electron chi connectivity index (χ4n) is 3.25. The van der Waals surface area contributed by atoms with Crippen LogP contribution in [-0.4, -0.2) is 17.4 Å². The fraction of sp³-hybridized carbons (Fsp3) is 0.200. The smallest absolute Gasteiger partial charge is 0.228 e. The minimum Gasteiger partial charge on any atom is -0.493 e. The zero-order valence-electron chi connectivity index (χ0n) is 16.9. The highest BCUT2D eigenvalue weighted by atomic mass is 79.9. The van der Waals surface area contributed by atoms with Crippen LogP contribution in [0.5, 0.6) is 17.2 Å². The predicted molar refractivity (Wildman–Crippen MR) is 122 cm³/mol. The first-order valence-electron chi connectivity index (χ1n) is 10.2. The lowest BCUT2D eigenvalue weighted by Crippen LogP contribution is -1.98. The van der Waals surface area contributed by atoms with Crippen molar-refractivity contribution in [1.82, 2.24) is 4.98 Å². The number of benzene rings is 3. The van der Waals surface area contributed by atoms with E-state index in [1.807, 2.05) is 42.5 Å². The number of halogens is 1. The van der Waals surface area contributed by atoms with E-state index in [1.54, 1.807) is 18.2 Å². The third-order valence-corrected chi connectivity index (χ3v) is 5.85. The lowest BCUT2D eigenvalue weighted by Gasteiger charge is -2.10. The average molecular weight is 478 g/mol. The Bertz CT molecular complexity index is 1280. The molecule has 0 aliphatic heterocycles. The Morgan fingerprint density at radius 2 is 1.87 bits per heavy atom. The molecule has 3 aromatic carbocycles. The van der Waals surface area contributed by atoms with E-state index in [0.29, 0.717) is 40.0 Å². The largest absolute Gasteiger partial charge is 0.493 e. The standard InChI is InChI=1S/C25H20BrNO4/c1-15(28)17-7-10-23-24(11-17)31-25(27-23)21-9-8-20(13-22(21)26)30-19-4-2-3-18(12-19)29-14-16-5-6-16/h2-4,7-13,16H,5-6,14H2,1H3. The highest BCUT2D eigenvalue weighted by Gasteiger charge is 2.22. The van der Waals surface area contributed by atoms with Crippen molar-refractivity contribution in [3.63, 3.8) is 0 Å². The molecular formula is C25H20BrNO4. The summed E-state index contributed by atoms with van der Waals surface area (Å²) < 4.78 is 18.5. The van der Waals surface area contributed by atoms with Crippen molar-refractivity contribution >= 4 is 32.8 Å². The second-order valence-corrected chi connectivity index (χ2v) is 8.58. The van der Waals surface area contributed by atoms with Crippen molar-refractivity contribution < 1.29 is 18.7 Å². The van der Waals surface area contributed by atoms with Gasteiger partial charge in [-0.05, 0) is 90.1 Å². The summed E-state index contributed by atoms with van der Waals surface area (Å²) in [5.41, 5.74) is 2.68. The predicted octanol–water partition coefficient (Wildman–Crippen LogP) is 7.04. The van der Waals surface area contributed by atoms with E-state index in [2.05, 4.69) is 20.9 Å². The van der Waals surface area contributed by atoms with Crippen LogP contribution in [0, 0.1) is 5.92 Å². The number of hydrogen-bond donors (Lipinski definition) is 0. The summed E-state index contributed by atoms with van der Waals surface area (Å²) in [6.07, 6.45) is 2.52. The molecule has 5 nitrogen and oxygen atoms in total. The number of Topliss-reactive ketones (excluding diaryl/α,β-unsaturated/α-hetero) is 1. The zero-order chi connectivity index (χ0) is 21.4. The van der Waals surface area contributed by atoms with Crippen LogP contribution in [0.4, 0.5) is 0 Å². The SMILES string of the molecule is CC(=O)c1ccc2nc(-c3ccc(Oc4cccc(OCC5CC5)c4)cc3Br)oc2c1. The monoisotopic (exact) mass is 477 g/mol. The van der Waals surface area contributed by atoms with Crippen molar-refractivity contribution in [3.05, 3.63) is 70.7 Å². The van der Waals surface area contributed by atoms with Gasteiger partial charge in [-0.1, -0.05) is 6.07 Å². The van der Waals surface area contributed by atoms with Gasteiger partial charge in [-0.3, -0.25) is 4.79 Å². The van der Waals surface area contributed by atoms with Crippen LogP contribution in [0.25, 0.3) is 22.6 Å². The molecule has 1 heterocycles. The first-order valence-corrected chi connectivity index (χ1v) is 11.0. The highest BCUT2D eigenvalue weighted by Crippen LogP contribution is 2.35. The minimum absolute atomic E-state index is 0.00968. The van der Waals surface area contributed by atoms with E-state index in [9.17, 15) is 4.79 Å². The fourth-order valence-corrected chi connectivity index (χ4v) is 3.78. The molecule has 5 rings (SSSR count). The number of hydrogen-bond acceptors (Lipinski definition) is 5. The molecule has 156 valence electrons. The van der Waals surface area contributed by atoms with E-state index in [4.69, 9.17) is 13.9 Å². The van der Waals surface area contributed by atoms with Crippen LogP contribution in [0.2, 0.25) is 0 Å². The number of carbonyl (C=O) groups excluding carboxylic acids is 1. The molecule has 0 bridgehead atoms. The molecule has 0 spiro atoms. The van der Waals surface area contributed by atoms with E-state index in [0.717, 1.165) is 22.4 Å². The third kappa shape index (κ3) is 4.49. The topological polar surface area (TPSA) is 61.6 Å². The van der Waals surface area contributed by atoms with Gasteiger partial charge in [0.05, 0.1) is 12.2 Å². The van der Waals surface area contributed by atoms with Gasteiger partial charge >= 0.3 is 0 Å². The number of fused-ring (bicyclic) bond motifs is 1. The Hall–Kier alpha value is -3.12. The molecule has 1 aliphatic carbocycles. The van der Waals surface area contributed by atoms with Gasteiger partial charge in [0, 0.05) is 16.1 Å². The van der Waals surface area contributed by atoms with Gasteiger partial charge in [0.1, 0.15) is 22.8 Å². The summed E-state index contributed by atoms with van der Waals surface area (Å²) in [7, 11) is 0. The van der Waals surface area contributed by atoms with Gasteiger partial charge in [0.2, 0.25) is 5.89 Å². The molecule has 0 N–H and O–H groups in total. The Morgan fingerprint density at radius 3 is 2.65 bits per heavy atom. The molecule has 1 fully saturated rings. The number of rotatable bonds is 7. The van der Waals surface area contributed by atoms with Crippen molar-refractivity contribution in [2.75, 3.05) is 6.61 Å². The quantitative estimate of drug-likeness (QED) is 0.267. The van der Waals surface area contributed by atoms with E-state index in [-0.39, 0.29) is 5.78 Å². The second kappa shape index (κ2) is 8.19. The molecule has 1 saturated carbocycles. The minimum atomic E-state index is -0.00968. The Labute approximate surface area is 188 Å². The first-order chi connectivity index (χ1) is 15.0. The van der Waals surface area contributed by atoms with Crippen molar-refractivity contribution in [2.24, 2.45) is 5.92 Å². The van der Waals surface area contributed by atoms with Crippen molar-refractivity contribution in [1.29, 1.82) is 0 Å². The molecule has 0 atom stereocenters. The third-order valence-electron chi connectivity index (χ3n) is 5.19. The summed E-state index contributed by atoms with van der Waals surface area (Å²) >= 11 is 3.60. The van der Waals surface area contributed by atoms with Crippen LogP contribution < -0.4 is 9.47 Å². The van der Waals surface area contributed by atoms with Gasteiger partial charge < -0.3 is 13.9 Å². The van der Waals surface area contributed by atoms with Gasteiger partial charge in [-0.2, -0.15) is 0 Å². The normalized spacial score (nSPS) is 13.4. The molecule has 0 unspecified atom stereocenters. The van der Waals surface area contributed by atoms with Gasteiger partial charge in [0.25, 0.3) is 0 Å². The summed E-state index contributed by atoms with van der Waals surface area (Å²) in [6.45, 7) is 2.30. The number of ketones is 1. The first kappa shape index (κ1) is 19.8. The lowest BCUT2D eigenvalue weighted by molar-refractivity contribution is 0.101. The van der Waals surface area contributed by atoms with E-state index in [1.165, 1.54) is 19.8 Å². The molecular weight excluding hydrogens is 458 g/mol. The highest BCUT2D eigenvalue weighted by molar-refractivity contribution is 9.10. The van der Waals surface area contributed by atoms with Crippen LogP contribution in [0.3, 0.4) is 0 Å². The average Bonchev–Trinajstić information content (AvgIpc) is 3.49. The van der Waals surface area contributed by atoms with Crippen LogP contribution in [0.1, 0.15) is 30.1 Å². The maximum Gasteiger partial charge on any atom is 0.228 e. The zero-order valence-corrected chi connectivity index (χ0v) is 18.5. The molecule has 31 heavy (non-hydrogen) atoms. The van der Waals surface area contributed by atoms with Crippen LogP contribution >= 0.6 is 15.9 Å². The maximum atomic E-state index is 11.6. The van der Waals surface area contributed by atoms with Gasteiger partial charge in [-0.15, -0.1) is 0 Å². The molecule has 0 amide bonds. The molecule has 4 aromatic rings. The van der Waals surface area contributed by atoms with Gasteiger partial charge in [-0.25, -0.2) is 4.98 Å².